The van der Waals surface area contributed by atoms with E-state index in [-0.39, 0.29) is 17.9 Å². The molecule has 1 aromatic rings. The minimum atomic E-state index is 0.0389. The number of methoxy groups -OCH3 is 1. The molecule has 7 heteroatoms. The molecule has 22 heavy (non-hydrogen) atoms. The maximum atomic E-state index is 11.9. The number of nitrogen functional groups attached to an aromatic ring is 1. The van der Waals surface area contributed by atoms with Crippen LogP contribution in [0.15, 0.2) is 12.3 Å². The lowest BCUT2D eigenvalue weighted by molar-refractivity contribution is -0.122. The highest BCUT2D eigenvalue weighted by molar-refractivity contribution is 5.76. The number of carbonyl (C=O) groups is 1. The molecular formula is C15H25N5O2. The van der Waals surface area contributed by atoms with E-state index in [1.807, 2.05) is 6.07 Å². The van der Waals surface area contributed by atoms with E-state index in [2.05, 4.69) is 27.1 Å². The van der Waals surface area contributed by atoms with Crippen LogP contribution >= 0.6 is 0 Å². The quantitative estimate of drug-likeness (QED) is 0.774. The van der Waals surface area contributed by atoms with Gasteiger partial charge in [0.1, 0.15) is 5.82 Å². The van der Waals surface area contributed by atoms with Crippen molar-refractivity contribution in [1.82, 2.24) is 15.3 Å². The number of nitrogens with two attached hydrogens (primary N) is 1. The fourth-order valence-electron chi connectivity index (χ4n) is 2.90. The predicted octanol–water partition coefficient (Wildman–Crippen LogP) is 0.816. The van der Waals surface area contributed by atoms with Gasteiger partial charge in [-0.05, 0) is 18.4 Å². The molecule has 0 spiro atoms. The van der Waals surface area contributed by atoms with Gasteiger partial charge in [-0.15, -0.1) is 0 Å². The summed E-state index contributed by atoms with van der Waals surface area (Å²) in [6.45, 7) is 4.23. The fraction of sp³-hybridized carbons (Fsp3) is 0.667. The lowest BCUT2D eigenvalue weighted by Gasteiger charge is -2.19. The smallest absolute Gasteiger partial charge is 0.222 e. The highest BCUT2D eigenvalue weighted by Crippen LogP contribution is 2.26. The van der Waals surface area contributed by atoms with E-state index in [4.69, 9.17) is 10.5 Å². The number of nitrogens with zero attached hydrogens (tertiary/aromatic N) is 3. The van der Waals surface area contributed by atoms with Gasteiger partial charge >= 0.3 is 0 Å². The van der Waals surface area contributed by atoms with Crippen LogP contribution < -0.4 is 16.0 Å². The predicted molar refractivity (Wildman–Crippen MR) is 85.5 cm³/mol. The molecule has 1 saturated heterocycles. The second kappa shape index (κ2) is 7.93. The van der Waals surface area contributed by atoms with E-state index in [9.17, 15) is 4.79 Å². The lowest BCUT2D eigenvalue weighted by Crippen LogP contribution is -2.41. The fourth-order valence-corrected chi connectivity index (χ4v) is 2.90. The van der Waals surface area contributed by atoms with Crippen molar-refractivity contribution in [2.24, 2.45) is 5.92 Å². The molecule has 1 amide bonds. The number of hydrogen-bond acceptors (Lipinski definition) is 6. The van der Waals surface area contributed by atoms with E-state index >= 15 is 0 Å². The Morgan fingerprint density at radius 1 is 1.55 bits per heavy atom. The Bertz CT molecular complexity index is 497. The van der Waals surface area contributed by atoms with Gasteiger partial charge in [0, 0.05) is 32.8 Å². The average molecular weight is 307 g/mol. The van der Waals surface area contributed by atoms with Crippen molar-refractivity contribution in [3.8, 4) is 0 Å². The minimum Gasteiger partial charge on any atom is -0.384 e. The van der Waals surface area contributed by atoms with Crippen LogP contribution in [0.1, 0.15) is 26.2 Å². The Hall–Kier alpha value is -1.89. The minimum absolute atomic E-state index is 0.0389. The second-order valence-electron chi connectivity index (χ2n) is 5.64. The molecule has 3 N–H and O–H groups in total. The zero-order valence-corrected chi connectivity index (χ0v) is 13.3. The molecule has 1 aromatic heterocycles. The van der Waals surface area contributed by atoms with E-state index in [1.54, 1.807) is 13.3 Å². The summed E-state index contributed by atoms with van der Waals surface area (Å²) in [4.78, 5) is 22.3. The normalized spacial score (nSPS) is 21.1. The molecule has 1 fully saturated rings. The average Bonchev–Trinajstić information content (AvgIpc) is 2.88. The largest absolute Gasteiger partial charge is 0.384 e. The zero-order chi connectivity index (χ0) is 15.9. The van der Waals surface area contributed by atoms with E-state index in [0.717, 1.165) is 31.7 Å². The molecule has 1 aliphatic heterocycles. The molecule has 0 saturated carbocycles. The zero-order valence-electron chi connectivity index (χ0n) is 13.3. The van der Waals surface area contributed by atoms with Gasteiger partial charge in [0.05, 0.1) is 12.6 Å². The van der Waals surface area contributed by atoms with Gasteiger partial charge in [0.2, 0.25) is 11.9 Å². The van der Waals surface area contributed by atoms with Gasteiger partial charge in [-0.25, -0.2) is 4.98 Å². The number of ether oxygens (including phenoxy) is 1. The Morgan fingerprint density at radius 2 is 2.36 bits per heavy atom. The molecular weight excluding hydrogens is 282 g/mol. The maximum Gasteiger partial charge on any atom is 0.222 e. The molecule has 2 heterocycles. The summed E-state index contributed by atoms with van der Waals surface area (Å²) in [7, 11) is 1.60. The first-order valence-electron chi connectivity index (χ1n) is 7.75. The highest BCUT2D eigenvalue weighted by atomic mass is 16.5. The van der Waals surface area contributed by atoms with Crippen molar-refractivity contribution in [1.29, 1.82) is 0 Å². The highest BCUT2D eigenvalue weighted by Gasteiger charge is 2.33. The Balaban J connectivity index is 2.01. The third kappa shape index (κ3) is 4.30. The molecule has 122 valence electrons. The van der Waals surface area contributed by atoms with Crippen molar-refractivity contribution in [2.75, 3.05) is 37.4 Å². The lowest BCUT2D eigenvalue weighted by atomic mass is 9.98. The van der Waals surface area contributed by atoms with Gasteiger partial charge in [-0.1, -0.05) is 13.3 Å². The summed E-state index contributed by atoms with van der Waals surface area (Å²) < 4.78 is 4.95. The van der Waals surface area contributed by atoms with Crippen molar-refractivity contribution in [3.05, 3.63) is 12.3 Å². The molecule has 0 bridgehead atoms. The topological polar surface area (TPSA) is 93.4 Å². The van der Waals surface area contributed by atoms with Gasteiger partial charge in [0.25, 0.3) is 0 Å². The molecule has 2 rings (SSSR count). The molecule has 2 atom stereocenters. The van der Waals surface area contributed by atoms with Crippen LogP contribution in [0, 0.1) is 5.92 Å². The SMILES string of the molecule is CCC[C@H]1CN(c2ccnc(N)n2)C[C@@H]1NC(=O)CCOC. The van der Waals surface area contributed by atoms with Gasteiger partial charge in [-0.2, -0.15) is 4.98 Å². The first-order chi connectivity index (χ1) is 10.6. The van der Waals surface area contributed by atoms with Crippen LogP contribution in [0.2, 0.25) is 0 Å². The van der Waals surface area contributed by atoms with Crippen molar-refractivity contribution >= 4 is 17.7 Å². The summed E-state index contributed by atoms with van der Waals surface area (Å²) in [5.74, 6) is 1.56. The van der Waals surface area contributed by atoms with Crippen LogP contribution in [0.5, 0.6) is 0 Å². The first kappa shape index (κ1) is 16.5. The molecule has 0 aromatic carbocycles. The number of anilines is 2. The first-order valence-corrected chi connectivity index (χ1v) is 7.75. The number of rotatable bonds is 7. The monoisotopic (exact) mass is 307 g/mol. The maximum absolute atomic E-state index is 11.9. The molecule has 0 radical (unpaired) electrons. The molecule has 7 nitrogen and oxygen atoms in total. The van der Waals surface area contributed by atoms with Gasteiger partial charge in [-0.3, -0.25) is 4.79 Å². The second-order valence-corrected chi connectivity index (χ2v) is 5.64. The number of aromatic nitrogens is 2. The summed E-state index contributed by atoms with van der Waals surface area (Å²) in [6, 6.07) is 1.99. The number of hydrogen-bond donors (Lipinski definition) is 2. The van der Waals surface area contributed by atoms with Crippen LogP contribution in [-0.2, 0) is 9.53 Å². The van der Waals surface area contributed by atoms with Crippen LogP contribution in [0.4, 0.5) is 11.8 Å². The summed E-state index contributed by atoms with van der Waals surface area (Å²) >= 11 is 0. The molecule has 0 unspecified atom stereocenters. The van der Waals surface area contributed by atoms with Crippen molar-refractivity contribution in [3.63, 3.8) is 0 Å². The third-order valence-electron chi connectivity index (χ3n) is 3.96. The Morgan fingerprint density at radius 3 is 3.05 bits per heavy atom. The van der Waals surface area contributed by atoms with E-state index in [1.165, 1.54) is 0 Å². The number of nitrogens with one attached hydrogen (secondary N) is 1. The molecule has 1 aliphatic rings. The third-order valence-corrected chi connectivity index (χ3v) is 3.96. The van der Waals surface area contributed by atoms with Gasteiger partial charge in [0.15, 0.2) is 0 Å². The van der Waals surface area contributed by atoms with E-state index < -0.39 is 0 Å². The summed E-state index contributed by atoms with van der Waals surface area (Å²) in [5.41, 5.74) is 5.66. The number of carbonyl (C=O) groups excluding carboxylic acids is 1. The molecule has 0 aliphatic carbocycles. The van der Waals surface area contributed by atoms with Crippen LogP contribution in [0.3, 0.4) is 0 Å². The summed E-state index contributed by atoms with van der Waals surface area (Å²) in [5, 5.41) is 3.13. The van der Waals surface area contributed by atoms with Crippen LogP contribution in [-0.4, -0.2) is 48.7 Å². The van der Waals surface area contributed by atoms with E-state index in [0.29, 0.717) is 18.9 Å². The van der Waals surface area contributed by atoms with Crippen LogP contribution in [0.25, 0.3) is 0 Å². The van der Waals surface area contributed by atoms with Crippen molar-refractivity contribution in [2.45, 2.75) is 32.2 Å². The summed E-state index contributed by atoms with van der Waals surface area (Å²) in [6.07, 6.45) is 4.23. The Labute approximate surface area is 131 Å². The standard InChI is InChI=1S/C15H25N5O2/c1-3-4-11-9-20(13-5-7-17-15(16)19-13)10-12(11)18-14(21)6-8-22-2/h5,7,11-12H,3-4,6,8-10H2,1-2H3,(H,18,21)(H2,16,17,19)/t11-,12-/m0/s1. The van der Waals surface area contributed by atoms with Gasteiger partial charge < -0.3 is 20.7 Å². The van der Waals surface area contributed by atoms with Crippen molar-refractivity contribution < 1.29 is 9.53 Å². The Kier molecular flexibility index (Phi) is 5.94. The number of amides is 1.